The lowest BCUT2D eigenvalue weighted by Crippen LogP contribution is -2.90. The number of rotatable bonds is 8. The Bertz CT molecular complexity index is 729. The zero-order valence-electron chi connectivity index (χ0n) is 15.6. The molecule has 0 aliphatic heterocycles. The molecule has 0 unspecified atom stereocenters. The van der Waals surface area contributed by atoms with Crippen LogP contribution in [0.15, 0.2) is 84.9 Å². The van der Waals surface area contributed by atoms with Gasteiger partial charge >= 0.3 is 0 Å². The molecule has 2 N–H and O–H groups in total. The van der Waals surface area contributed by atoms with E-state index in [1.54, 1.807) is 7.11 Å². The molecule has 3 aromatic rings. The minimum absolute atomic E-state index is 0.336. The third-order valence-electron chi connectivity index (χ3n) is 4.89. The maximum absolute atomic E-state index is 5.24. The van der Waals surface area contributed by atoms with Crippen molar-refractivity contribution in [2.75, 3.05) is 7.11 Å². The predicted molar refractivity (Wildman–Crippen MR) is 107 cm³/mol. The van der Waals surface area contributed by atoms with Gasteiger partial charge in [-0.05, 0) is 31.0 Å². The summed E-state index contributed by atoms with van der Waals surface area (Å²) in [5.74, 6) is 0.918. The second-order valence-corrected chi connectivity index (χ2v) is 6.86. The first-order valence-corrected chi connectivity index (χ1v) is 9.34. The molecule has 3 aromatic carbocycles. The SMILES string of the molecule is COc1ccc(CC[C@H](C)[NH2+]C(c2ccccc2)c2ccccc2)cc1. The van der Waals surface area contributed by atoms with Crippen molar-refractivity contribution in [3.63, 3.8) is 0 Å². The van der Waals surface area contributed by atoms with Crippen LogP contribution < -0.4 is 10.1 Å². The molecule has 3 rings (SSSR count). The highest BCUT2D eigenvalue weighted by molar-refractivity contribution is 5.29. The summed E-state index contributed by atoms with van der Waals surface area (Å²) < 4.78 is 5.24. The van der Waals surface area contributed by atoms with Crippen molar-refractivity contribution in [1.29, 1.82) is 0 Å². The Morgan fingerprint density at radius 3 is 1.81 bits per heavy atom. The number of aryl methyl sites for hydroxylation is 1. The van der Waals surface area contributed by atoms with Crippen LogP contribution in [0.4, 0.5) is 0 Å². The first kappa shape index (κ1) is 18.2. The zero-order chi connectivity index (χ0) is 18.2. The number of nitrogens with two attached hydrogens (primary N) is 1. The summed E-state index contributed by atoms with van der Waals surface area (Å²) in [6.07, 6.45) is 2.22. The molecule has 0 heterocycles. The molecule has 0 fully saturated rings. The van der Waals surface area contributed by atoms with E-state index < -0.39 is 0 Å². The average molecular weight is 346 g/mol. The van der Waals surface area contributed by atoms with E-state index >= 15 is 0 Å². The monoisotopic (exact) mass is 346 g/mol. The predicted octanol–water partition coefficient (Wildman–Crippen LogP) is 4.37. The Hall–Kier alpha value is -2.58. The number of hydrogen-bond acceptors (Lipinski definition) is 1. The number of ether oxygens (including phenoxy) is 1. The van der Waals surface area contributed by atoms with E-state index in [-0.39, 0.29) is 0 Å². The van der Waals surface area contributed by atoms with Crippen molar-refractivity contribution in [2.24, 2.45) is 0 Å². The molecule has 0 amide bonds. The van der Waals surface area contributed by atoms with E-state index in [0.29, 0.717) is 12.1 Å². The van der Waals surface area contributed by atoms with Crippen molar-refractivity contribution in [3.8, 4) is 5.75 Å². The van der Waals surface area contributed by atoms with Gasteiger partial charge in [-0.15, -0.1) is 0 Å². The Morgan fingerprint density at radius 1 is 0.769 bits per heavy atom. The highest BCUT2D eigenvalue weighted by atomic mass is 16.5. The van der Waals surface area contributed by atoms with Crippen LogP contribution >= 0.6 is 0 Å². The normalized spacial score (nSPS) is 12.1. The summed E-state index contributed by atoms with van der Waals surface area (Å²) in [7, 11) is 1.71. The molecule has 0 aliphatic carbocycles. The van der Waals surface area contributed by atoms with Crippen molar-refractivity contribution in [1.82, 2.24) is 0 Å². The minimum atomic E-state index is 0.336. The standard InChI is InChI=1S/C24H27NO/c1-19(13-14-20-15-17-23(26-2)18-16-20)25-24(21-9-5-3-6-10-21)22-11-7-4-8-12-22/h3-12,15-19,24-25H,13-14H2,1-2H3/p+1/t19-/m0/s1. The zero-order valence-corrected chi connectivity index (χ0v) is 15.6. The molecule has 0 saturated heterocycles. The Kier molecular flexibility index (Phi) is 6.45. The first-order valence-electron chi connectivity index (χ1n) is 9.34. The topological polar surface area (TPSA) is 25.8 Å². The van der Waals surface area contributed by atoms with Crippen LogP contribution in [0.2, 0.25) is 0 Å². The number of benzene rings is 3. The van der Waals surface area contributed by atoms with Gasteiger partial charge in [0.25, 0.3) is 0 Å². The fourth-order valence-electron chi connectivity index (χ4n) is 3.35. The van der Waals surface area contributed by atoms with Crippen LogP contribution in [0.5, 0.6) is 5.75 Å². The van der Waals surface area contributed by atoms with E-state index in [0.717, 1.165) is 18.6 Å². The molecule has 0 spiro atoms. The lowest BCUT2D eigenvalue weighted by molar-refractivity contribution is -0.717. The number of hydrogen-bond donors (Lipinski definition) is 1. The van der Waals surface area contributed by atoms with E-state index in [1.807, 2.05) is 12.1 Å². The van der Waals surface area contributed by atoms with Crippen molar-refractivity contribution >= 4 is 0 Å². The van der Waals surface area contributed by atoms with Gasteiger partial charge in [-0.1, -0.05) is 72.8 Å². The molecule has 0 aromatic heterocycles. The fourth-order valence-corrected chi connectivity index (χ4v) is 3.35. The second kappa shape index (κ2) is 9.21. The third kappa shape index (κ3) is 4.96. The average Bonchev–Trinajstić information content (AvgIpc) is 2.72. The van der Waals surface area contributed by atoms with Crippen molar-refractivity contribution in [2.45, 2.75) is 31.8 Å². The maximum atomic E-state index is 5.24. The minimum Gasteiger partial charge on any atom is -0.497 e. The van der Waals surface area contributed by atoms with Crippen molar-refractivity contribution in [3.05, 3.63) is 102 Å². The Morgan fingerprint density at radius 2 is 1.31 bits per heavy atom. The summed E-state index contributed by atoms with van der Waals surface area (Å²) in [4.78, 5) is 0. The largest absolute Gasteiger partial charge is 0.497 e. The van der Waals surface area contributed by atoms with Crippen LogP contribution in [0.3, 0.4) is 0 Å². The van der Waals surface area contributed by atoms with Gasteiger partial charge < -0.3 is 10.1 Å². The maximum Gasteiger partial charge on any atom is 0.137 e. The van der Waals surface area contributed by atoms with Gasteiger partial charge in [0.2, 0.25) is 0 Å². The summed E-state index contributed by atoms with van der Waals surface area (Å²) in [6.45, 7) is 2.32. The van der Waals surface area contributed by atoms with Crippen molar-refractivity contribution < 1.29 is 10.1 Å². The molecule has 1 atom stereocenters. The summed E-state index contributed by atoms with van der Waals surface area (Å²) in [5, 5.41) is 2.49. The lowest BCUT2D eigenvalue weighted by Gasteiger charge is -2.21. The molecule has 26 heavy (non-hydrogen) atoms. The van der Waals surface area contributed by atoms with E-state index in [2.05, 4.69) is 85.0 Å². The van der Waals surface area contributed by atoms with Gasteiger partial charge in [0.1, 0.15) is 11.8 Å². The highest BCUT2D eigenvalue weighted by Gasteiger charge is 2.20. The van der Waals surface area contributed by atoms with E-state index in [1.165, 1.54) is 16.7 Å². The van der Waals surface area contributed by atoms with Gasteiger partial charge in [-0.25, -0.2) is 0 Å². The van der Waals surface area contributed by atoms with Gasteiger partial charge in [-0.2, -0.15) is 0 Å². The third-order valence-corrected chi connectivity index (χ3v) is 4.89. The van der Waals surface area contributed by atoms with Crippen LogP contribution in [-0.4, -0.2) is 13.2 Å². The quantitative estimate of drug-likeness (QED) is 0.644. The van der Waals surface area contributed by atoms with Crippen LogP contribution in [0, 0.1) is 0 Å². The molecular formula is C24H28NO+. The molecular weight excluding hydrogens is 318 g/mol. The summed E-state index contributed by atoms with van der Waals surface area (Å²) in [6, 6.07) is 30.9. The molecule has 0 saturated carbocycles. The van der Waals surface area contributed by atoms with E-state index in [4.69, 9.17) is 4.74 Å². The fraction of sp³-hybridized carbons (Fsp3) is 0.250. The molecule has 134 valence electrons. The van der Waals surface area contributed by atoms with Gasteiger partial charge in [0.15, 0.2) is 0 Å². The smallest absolute Gasteiger partial charge is 0.137 e. The van der Waals surface area contributed by atoms with Crippen LogP contribution in [0.25, 0.3) is 0 Å². The second-order valence-electron chi connectivity index (χ2n) is 6.86. The Labute approximate surface area is 156 Å². The first-order chi connectivity index (χ1) is 12.8. The van der Waals surface area contributed by atoms with Crippen LogP contribution in [-0.2, 0) is 6.42 Å². The molecule has 0 aliphatic rings. The number of methoxy groups -OCH3 is 1. The summed E-state index contributed by atoms with van der Waals surface area (Å²) in [5.41, 5.74) is 4.08. The number of quaternary nitrogens is 1. The molecule has 0 radical (unpaired) electrons. The van der Waals surface area contributed by atoms with E-state index in [9.17, 15) is 0 Å². The lowest BCUT2D eigenvalue weighted by atomic mass is 9.97. The molecule has 2 heteroatoms. The van der Waals surface area contributed by atoms with Gasteiger partial charge in [0.05, 0.1) is 13.2 Å². The Balaban J connectivity index is 1.66. The summed E-state index contributed by atoms with van der Waals surface area (Å²) >= 11 is 0. The van der Waals surface area contributed by atoms with Gasteiger partial charge in [-0.3, -0.25) is 0 Å². The molecule has 2 nitrogen and oxygen atoms in total. The molecule has 0 bridgehead atoms. The van der Waals surface area contributed by atoms with Gasteiger partial charge in [0, 0.05) is 17.5 Å². The van der Waals surface area contributed by atoms with Crippen LogP contribution in [0.1, 0.15) is 36.1 Å². The highest BCUT2D eigenvalue weighted by Crippen LogP contribution is 2.18.